The first kappa shape index (κ1) is 38.8. The molecule has 3 aromatic rings. The number of rotatable bonds is 6. The number of carbonyl (C=O) groups excluding carboxylic acids is 5. The molecular weight excluding hydrogens is 683 g/mol. The topological polar surface area (TPSA) is 219 Å². The third-order valence-electron chi connectivity index (χ3n) is 8.39. The number of carboxylic acid groups (broad SMARTS) is 1. The van der Waals surface area contributed by atoms with Crippen molar-refractivity contribution in [2.24, 2.45) is 5.92 Å². The van der Waals surface area contributed by atoms with Crippen molar-refractivity contribution in [3.05, 3.63) is 65.0 Å². The van der Waals surface area contributed by atoms with Gasteiger partial charge in [-0.1, -0.05) is 32.0 Å². The molecule has 0 aliphatic carbocycles. The van der Waals surface area contributed by atoms with Gasteiger partial charge in [0.05, 0.1) is 11.1 Å². The van der Waals surface area contributed by atoms with E-state index in [9.17, 15) is 43.4 Å². The number of aliphatic hydroxyl groups is 1. The number of carboxylic acids is 1. The maximum Gasteiger partial charge on any atom is 0.327 e. The molecule has 274 valence electrons. The van der Waals surface area contributed by atoms with Crippen molar-refractivity contribution in [2.75, 3.05) is 5.75 Å². The van der Waals surface area contributed by atoms with Gasteiger partial charge in [0.1, 0.15) is 36.0 Å². The van der Waals surface area contributed by atoms with Crippen LogP contribution < -0.4 is 26.6 Å². The molecule has 0 spiro atoms. The molecule has 0 saturated carbocycles. The maximum atomic E-state index is 14.1. The van der Waals surface area contributed by atoms with Gasteiger partial charge in [-0.3, -0.25) is 24.0 Å². The number of halogens is 1. The summed E-state index contributed by atoms with van der Waals surface area (Å²) in [5.74, 6) is -6.10. The molecule has 1 aliphatic heterocycles. The summed E-state index contributed by atoms with van der Waals surface area (Å²) in [5, 5.41) is 34.2. The Morgan fingerprint density at radius 1 is 0.961 bits per heavy atom. The second-order valence-corrected chi connectivity index (χ2v) is 14.1. The van der Waals surface area contributed by atoms with E-state index >= 15 is 0 Å². The Kier molecular flexibility index (Phi) is 12.8. The number of amides is 5. The molecule has 0 fully saturated rings. The van der Waals surface area contributed by atoms with Crippen LogP contribution in [0, 0.1) is 18.7 Å². The lowest BCUT2D eigenvalue weighted by Gasteiger charge is -2.27. The van der Waals surface area contributed by atoms with E-state index in [1.165, 1.54) is 32.9 Å². The van der Waals surface area contributed by atoms with Gasteiger partial charge in [0.2, 0.25) is 23.6 Å². The van der Waals surface area contributed by atoms with Crippen LogP contribution in [0.1, 0.15) is 55.6 Å². The zero-order valence-electron chi connectivity index (χ0n) is 28.8. The molecule has 0 bridgehead atoms. The van der Waals surface area contributed by atoms with E-state index in [1.807, 2.05) is 13.8 Å². The summed E-state index contributed by atoms with van der Waals surface area (Å²) >= 11 is 1.05. The van der Waals surface area contributed by atoms with Crippen molar-refractivity contribution in [2.45, 2.75) is 88.8 Å². The fourth-order valence-electron chi connectivity index (χ4n) is 5.58. The molecule has 51 heavy (non-hydrogen) atoms. The average molecular weight is 727 g/mol. The van der Waals surface area contributed by atoms with Crippen LogP contribution in [0.2, 0.25) is 0 Å². The number of benzene rings is 2. The Bertz CT molecular complexity index is 1810. The summed E-state index contributed by atoms with van der Waals surface area (Å²) in [7, 11) is 0. The third kappa shape index (κ3) is 9.85. The van der Waals surface area contributed by atoms with E-state index in [1.54, 1.807) is 24.3 Å². The standard InChI is InChI=1S/C35H43FN6O8S/c1-16(2)12-25-31(46)37-18(4)29(44)42-28(19(5)43)33(48)40-27(35(49)50)15-51-34-22(21-8-6-7-9-24(21)41-34)14-26(32(47)39-25)38-30(45)20-10-11-23(36)17(3)13-20/h6-11,13,16,18-19,25-28,41,43H,12,14-15H2,1-5H3,(H,37,46)(H,38,45)(H,39,47)(H,40,48)(H,42,44)(H,49,50)/t18-,19-,25+,26+,27+,28+/m1/s1. The van der Waals surface area contributed by atoms with Crippen LogP contribution in [-0.4, -0.2) is 92.8 Å². The highest BCUT2D eigenvalue weighted by atomic mass is 32.2. The van der Waals surface area contributed by atoms with E-state index < -0.39 is 77.6 Å². The van der Waals surface area contributed by atoms with Crippen molar-refractivity contribution in [3.63, 3.8) is 0 Å². The lowest BCUT2D eigenvalue weighted by Crippen LogP contribution is -2.60. The molecule has 5 amide bonds. The number of para-hydroxylation sites is 1. The Balaban J connectivity index is 1.81. The Hall–Kier alpha value is -4.96. The normalized spacial score (nSPS) is 23.2. The quantitative estimate of drug-likeness (QED) is 0.185. The van der Waals surface area contributed by atoms with Crippen molar-refractivity contribution in [3.8, 4) is 0 Å². The Labute approximate surface area is 298 Å². The Morgan fingerprint density at radius 3 is 2.31 bits per heavy atom. The molecule has 8 N–H and O–H groups in total. The van der Waals surface area contributed by atoms with E-state index in [-0.39, 0.29) is 35.6 Å². The zero-order chi connectivity index (χ0) is 37.6. The van der Waals surface area contributed by atoms with E-state index in [0.717, 1.165) is 17.8 Å². The SMILES string of the molecule is Cc1cc(C(=O)N[C@H]2Cc3c([nH]c4ccccc34)SC[C@@H](C(=O)O)NC(=O)[C@H]([C@@H](C)O)NC(=O)[C@@H](C)NC(=O)[C@H](CC(C)C)NC2=O)ccc1F. The van der Waals surface area contributed by atoms with E-state index in [4.69, 9.17) is 0 Å². The molecule has 2 heterocycles. The molecule has 0 unspecified atom stereocenters. The van der Waals surface area contributed by atoms with Gasteiger partial charge in [0.25, 0.3) is 5.91 Å². The third-order valence-corrected chi connectivity index (χ3v) is 9.53. The molecule has 1 aliphatic rings. The number of hydrogen-bond acceptors (Lipinski definition) is 8. The van der Waals surface area contributed by atoms with Gasteiger partial charge in [-0.05, 0) is 68.5 Å². The van der Waals surface area contributed by atoms with Gasteiger partial charge in [0, 0.05) is 28.6 Å². The number of aromatic amines is 1. The molecule has 0 saturated heterocycles. The number of aliphatic carboxylic acids is 1. The molecule has 6 atom stereocenters. The smallest absolute Gasteiger partial charge is 0.327 e. The van der Waals surface area contributed by atoms with E-state index in [0.29, 0.717) is 21.5 Å². The number of thioether (sulfide) groups is 1. The second-order valence-electron chi connectivity index (χ2n) is 13.0. The van der Waals surface area contributed by atoms with Crippen LogP contribution in [0.15, 0.2) is 47.5 Å². The zero-order valence-corrected chi connectivity index (χ0v) is 29.7. The minimum absolute atomic E-state index is 0.0969. The van der Waals surface area contributed by atoms with Crippen LogP contribution in [-0.2, 0) is 30.4 Å². The molecule has 4 rings (SSSR count). The number of aryl methyl sites for hydroxylation is 1. The molecule has 14 nitrogen and oxygen atoms in total. The van der Waals surface area contributed by atoms with Crippen LogP contribution in [0.5, 0.6) is 0 Å². The molecule has 0 radical (unpaired) electrons. The summed E-state index contributed by atoms with van der Waals surface area (Å²) in [6, 6.07) is 4.20. The van der Waals surface area contributed by atoms with Crippen molar-refractivity contribution >= 4 is 58.2 Å². The largest absolute Gasteiger partial charge is 0.480 e. The lowest BCUT2D eigenvalue weighted by atomic mass is 10.00. The van der Waals surface area contributed by atoms with Gasteiger partial charge in [0.15, 0.2) is 0 Å². The predicted octanol–water partition coefficient (Wildman–Crippen LogP) is 1.53. The highest BCUT2D eigenvalue weighted by Gasteiger charge is 2.34. The average Bonchev–Trinajstić information content (AvgIpc) is 3.41. The number of fused-ring (bicyclic) bond motifs is 3. The second kappa shape index (κ2) is 16.8. The van der Waals surface area contributed by atoms with Crippen molar-refractivity contribution in [1.82, 2.24) is 31.6 Å². The first-order chi connectivity index (χ1) is 24.0. The Morgan fingerprint density at radius 2 is 1.67 bits per heavy atom. The fourth-order valence-corrected chi connectivity index (χ4v) is 6.69. The lowest BCUT2D eigenvalue weighted by molar-refractivity contribution is -0.142. The summed E-state index contributed by atoms with van der Waals surface area (Å²) in [5.41, 5.74) is 1.52. The number of nitrogens with one attached hydrogen (secondary N) is 6. The molecule has 16 heteroatoms. The highest BCUT2D eigenvalue weighted by Crippen LogP contribution is 2.31. The van der Waals surface area contributed by atoms with Crippen LogP contribution in [0.4, 0.5) is 4.39 Å². The van der Waals surface area contributed by atoms with Gasteiger partial charge < -0.3 is 41.8 Å². The molecular formula is C35H43FN6O8S. The van der Waals surface area contributed by atoms with Gasteiger partial charge in [-0.25, -0.2) is 9.18 Å². The van der Waals surface area contributed by atoms with Gasteiger partial charge >= 0.3 is 5.97 Å². The van der Waals surface area contributed by atoms with Gasteiger partial charge in [-0.2, -0.15) is 0 Å². The minimum Gasteiger partial charge on any atom is -0.480 e. The van der Waals surface area contributed by atoms with Crippen LogP contribution in [0.3, 0.4) is 0 Å². The monoisotopic (exact) mass is 726 g/mol. The van der Waals surface area contributed by atoms with Crippen molar-refractivity contribution < 1.29 is 43.4 Å². The number of aliphatic hydroxyl groups excluding tert-OH is 1. The predicted molar refractivity (Wildman–Crippen MR) is 187 cm³/mol. The number of carbonyl (C=O) groups is 6. The van der Waals surface area contributed by atoms with Crippen LogP contribution >= 0.6 is 11.8 Å². The van der Waals surface area contributed by atoms with Crippen LogP contribution in [0.25, 0.3) is 10.9 Å². The first-order valence-electron chi connectivity index (χ1n) is 16.5. The number of H-pyrrole nitrogens is 1. The first-order valence-corrected chi connectivity index (χ1v) is 17.5. The summed E-state index contributed by atoms with van der Waals surface area (Å²) in [6.45, 7) is 7.77. The maximum absolute atomic E-state index is 14.1. The molecule has 2 aromatic carbocycles. The van der Waals surface area contributed by atoms with E-state index in [2.05, 4.69) is 31.6 Å². The summed E-state index contributed by atoms with van der Waals surface area (Å²) in [4.78, 5) is 83.0. The molecule has 1 aromatic heterocycles. The summed E-state index contributed by atoms with van der Waals surface area (Å²) in [6.07, 6.45) is -1.39. The van der Waals surface area contributed by atoms with Gasteiger partial charge in [-0.15, -0.1) is 11.8 Å². The summed E-state index contributed by atoms with van der Waals surface area (Å²) < 4.78 is 14.0. The highest BCUT2D eigenvalue weighted by molar-refractivity contribution is 7.99. The number of aromatic nitrogens is 1. The fraction of sp³-hybridized carbons (Fsp3) is 0.429. The van der Waals surface area contributed by atoms with Crippen molar-refractivity contribution in [1.29, 1.82) is 0 Å². The minimum atomic E-state index is -1.55. The number of hydrogen-bond donors (Lipinski definition) is 8.